The van der Waals surface area contributed by atoms with Crippen molar-refractivity contribution in [3.8, 4) is 0 Å². The molecule has 2 aliphatic rings. The van der Waals surface area contributed by atoms with E-state index in [2.05, 4.69) is 34.3 Å². The van der Waals surface area contributed by atoms with Crippen molar-refractivity contribution < 1.29 is 19.5 Å². The second kappa shape index (κ2) is 9.40. The first kappa shape index (κ1) is 22.4. The van der Waals surface area contributed by atoms with Crippen molar-refractivity contribution in [2.75, 3.05) is 26.2 Å². The first-order valence-corrected chi connectivity index (χ1v) is 10.9. The molecule has 33 heavy (non-hydrogen) atoms. The van der Waals surface area contributed by atoms with Gasteiger partial charge >= 0.3 is 0 Å². The van der Waals surface area contributed by atoms with Crippen LogP contribution in [-0.2, 0) is 16.0 Å². The third-order valence-corrected chi connectivity index (χ3v) is 6.76. The Bertz CT molecular complexity index is 1150. The first-order chi connectivity index (χ1) is 16.0. The fourth-order valence-electron chi connectivity index (χ4n) is 5.12. The van der Waals surface area contributed by atoms with Gasteiger partial charge in [-0.1, -0.05) is 30.3 Å². The Hall–Kier alpha value is -3.75. The molecule has 0 saturated carbocycles. The lowest BCUT2D eigenvalue weighted by atomic mass is 9.76. The third-order valence-electron chi connectivity index (χ3n) is 6.76. The van der Waals surface area contributed by atoms with Crippen LogP contribution in [0.2, 0.25) is 0 Å². The maximum atomic E-state index is 13.3. The van der Waals surface area contributed by atoms with Crippen LogP contribution in [-0.4, -0.2) is 74.0 Å². The van der Waals surface area contributed by atoms with Gasteiger partial charge in [-0.25, -0.2) is 9.50 Å². The lowest BCUT2D eigenvalue weighted by molar-refractivity contribution is -0.128. The largest absolute Gasteiger partial charge is 0.483 e. The van der Waals surface area contributed by atoms with Crippen molar-refractivity contribution in [1.82, 2.24) is 24.4 Å². The number of fused-ring (bicyclic) bond motifs is 2. The van der Waals surface area contributed by atoms with Crippen LogP contribution < -0.4 is 0 Å². The molecule has 172 valence electrons. The normalized spacial score (nSPS) is 21.4. The average Bonchev–Trinajstić information content (AvgIpc) is 3.49. The van der Waals surface area contributed by atoms with Gasteiger partial charge in [-0.2, -0.15) is 5.10 Å². The summed E-state index contributed by atoms with van der Waals surface area (Å²) in [6, 6.07) is 12.2. The maximum Gasteiger partial charge on any atom is 0.290 e. The molecule has 5 rings (SSSR count). The second-order valence-electron chi connectivity index (χ2n) is 8.68. The Kier molecular flexibility index (Phi) is 6.39. The van der Waals surface area contributed by atoms with E-state index in [1.807, 2.05) is 15.9 Å². The number of amides is 2. The molecule has 2 aliphatic heterocycles. The standard InChI is InChI=1S/C23H25N5O2.CH2O2/c1-17(29)26-13-19-14-27(22(30)20-12-25-28-11-5-10-24-21(20)28)16-23(19,15-26)9-8-18-6-3-2-4-7-18;2-1-3/h2-7,10-12,19H,8-9,13-16H2,1H3;1H,(H,2,3)/t19-,23+;/m1./s1. The summed E-state index contributed by atoms with van der Waals surface area (Å²) in [5.74, 6) is 0.392. The summed E-state index contributed by atoms with van der Waals surface area (Å²) in [4.78, 5) is 42.0. The van der Waals surface area contributed by atoms with Gasteiger partial charge in [-0.3, -0.25) is 14.4 Å². The van der Waals surface area contributed by atoms with Crippen LogP contribution in [0.15, 0.2) is 55.0 Å². The molecule has 1 N–H and O–H groups in total. The Morgan fingerprint density at radius 1 is 1.15 bits per heavy atom. The van der Waals surface area contributed by atoms with E-state index < -0.39 is 0 Å². The molecule has 0 radical (unpaired) electrons. The zero-order chi connectivity index (χ0) is 23.4. The minimum Gasteiger partial charge on any atom is -0.483 e. The molecular formula is C24H27N5O4. The number of carbonyl (C=O) groups is 3. The van der Waals surface area contributed by atoms with Crippen LogP contribution >= 0.6 is 0 Å². The summed E-state index contributed by atoms with van der Waals surface area (Å²) in [5, 5.41) is 11.2. The van der Waals surface area contributed by atoms with Crippen LogP contribution in [0, 0.1) is 11.3 Å². The molecule has 1 aromatic carbocycles. The van der Waals surface area contributed by atoms with Crippen LogP contribution in [0.3, 0.4) is 0 Å². The summed E-state index contributed by atoms with van der Waals surface area (Å²) < 4.78 is 1.63. The predicted molar refractivity (Wildman–Crippen MR) is 121 cm³/mol. The quantitative estimate of drug-likeness (QED) is 0.611. The molecule has 0 bridgehead atoms. The molecule has 0 spiro atoms. The van der Waals surface area contributed by atoms with Gasteiger partial charge in [0.05, 0.1) is 6.20 Å². The number of benzene rings is 1. The minimum atomic E-state index is -0.250. The van der Waals surface area contributed by atoms with E-state index in [1.165, 1.54) is 5.56 Å². The van der Waals surface area contributed by atoms with Gasteiger partial charge in [0.1, 0.15) is 5.56 Å². The SMILES string of the molecule is CC(=O)N1C[C@@H]2CN(C(=O)c3cnn4cccnc34)C[C@]2(CCc2ccccc2)C1.O=CO. The van der Waals surface area contributed by atoms with Gasteiger partial charge in [-0.05, 0) is 24.5 Å². The number of rotatable bonds is 4. The summed E-state index contributed by atoms with van der Waals surface area (Å²) in [5.41, 5.74) is 2.36. The summed E-state index contributed by atoms with van der Waals surface area (Å²) in [6.07, 6.45) is 6.99. The smallest absolute Gasteiger partial charge is 0.290 e. The Morgan fingerprint density at radius 2 is 1.85 bits per heavy atom. The van der Waals surface area contributed by atoms with Crippen LogP contribution in [0.25, 0.3) is 5.65 Å². The summed E-state index contributed by atoms with van der Waals surface area (Å²) in [6.45, 7) is 4.16. The van der Waals surface area contributed by atoms with E-state index >= 15 is 0 Å². The van der Waals surface area contributed by atoms with Gasteiger partial charge in [0, 0.05) is 56.8 Å². The van der Waals surface area contributed by atoms with Crippen molar-refractivity contribution in [3.63, 3.8) is 0 Å². The Morgan fingerprint density at radius 3 is 2.58 bits per heavy atom. The second-order valence-corrected chi connectivity index (χ2v) is 8.68. The number of nitrogens with zero attached hydrogens (tertiary/aromatic N) is 5. The number of hydrogen-bond acceptors (Lipinski definition) is 5. The van der Waals surface area contributed by atoms with Gasteiger partial charge in [0.15, 0.2) is 5.65 Å². The van der Waals surface area contributed by atoms with Gasteiger partial charge in [-0.15, -0.1) is 0 Å². The summed E-state index contributed by atoms with van der Waals surface area (Å²) in [7, 11) is 0. The van der Waals surface area contributed by atoms with E-state index in [9.17, 15) is 9.59 Å². The number of hydrogen-bond donors (Lipinski definition) is 1. The minimum absolute atomic E-state index is 0.0217. The van der Waals surface area contributed by atoms with Crippen LogP contribution in [0.4, 0.5) is 0 Å². The molecule has 2 fully saturated rings. The Balaban J connectivity index is 0.000000821. The third kappa shape index (κ3) is 4.44. The van der Waals surface area contributed by atoms with E-state index in [0.29, 0.717) is 30.2 Å². The Labute approximate surface area is 191 Å². The highest BCUT2D eigenvalue weighted by molar-refractivity contribution is 5.99. The number of aromatic nitrogens is 3. The van der Waals surface area contributed by atoms with Crippen LogP contribution in [0.5, 0.6) is 0 Å². The van der Waals surface area contributed by atoms with Crippen molar-refractivity contribution in [2.45, 2.75) is 19.8 Å². The van der Waals surface area contributed by atoms with Crippen molar-refractivity contribution in [1.29, 1.82) is 0 Å². The topological polar surface area (TPSA) is 108 Å². The molecular weight excluding hydrogens is 422 g/mol. The molecule has 9 heteroatoms. The molecule has 4 heterocycles. The van der Waals surface area contributed by atoms with Crippen molar-refractivity contribution in [2.24, 2.45) is 11.3 Å². The van der Waals surface area contributed by atoms with Crippen molar-refractivity contribution in [3.05, 3.63) is 66.1 Å². The zero-order valence-electron chi connectivity index (χ0n) is 18.5. The lowest BCUT2D eigenvalue weighted by Crippen LogP contribution is -2.38. The number of carboxylic acid groups (broad SMARTS) is 1. The molecule has 2 aromatic heterocycles. The molecule has 3 aromatic rings. The lowest BCUT2D eigenvalue weighted by Gasteiger charge is -2.29. The van der Waals surface area contributed by atoms with Crippen molar-refractivity contribution >= 4 is 23.9 Å². The van der Waals surface area contributed by atoms with Gasteiger partial charge in [0.25, 0.3) is 12.4 Å². The highest BCUT2D eigenvalue weighted by Gasteiger charge is 2.53. The first-order valence-electron chi connectivity index (χ1n) is 10.9. The molecule has 0 aliphatic carbocycles. The fraction of sp³-hybridized carbons (Fsp3) is 0.375. The van der Waals surface area contributed by atoms with E-state index in [0.717, 1.165) is 25.9 Å². The van der Waals surface area contributed by atoms with E-state index in [1.54, 1.807) is 36.1 Å². The maximum absolute atomic E-state index is 13.3. The van der Waals surface area contributed by atoms with E-state index in [-0.39, 0.29) is 23.7 Å². The van der Waals surface area contributed by atoms with Gasteiger partial charge < -0.3 is 14.9 Å². The fourth-order valence-corrected chi connectivity index (χ4v) is 5.12. The molecule has 0 unspecified atom stereocenters. The monoisotopic (exact) mass is 449 g/mol. The molecule has 9 nitrogen and oxygen atoms in total. The molecule has 2 atom stereocenters. The highest BCUT2D eigenvalue weighted by Crippen LogP contribution is 2.46. The van der Waals surface area contributed by atoms with Gasteiger partial charge in [0.2, 0.25) is 5.91 Å². The highest BCUT2D eigenvalue weighted by atomic mass is 16.3. The molecule has 2 amide bonds. The number of likely N-dealkylation sites (tertiary alicyclic amines) is 2. The average molecular weight is 450 g/mol. The zero-order valence-corrected chi connectivity index (χ0v) is 18.5. The van der Waals surface area contributed by atoms with Crippen LogP contribution in [0.1, 0.15) is 29.3 Å². The predicted octanol–water partition coefficient (Wildman–Crippen LogP) is 1.98. The van der Waals surface area contributed by atoms with E-state index in [4.69, 9.17) is 9.90 Å². The number of aryl methyl sites for hydroxylation is 1. The molecule has 2 saturated heterocycles. The summed E-state index contributed by atoms with van der Waals surface area (Å²) >= 11 is 0. The number of carbonyl (C=O) groups excluding carboxylic acids is 2.